The number of esters is 1. The molecule has 0 saturated carbocycles. The highest BCUT2D eigenvalue weighted by Crippen LogP contribution is 2.18. The summed E-state index contributed by atoms with van der Waals surface area (Å²) in [5.41, 5.74) is 1.12. The second-order valence-corrected chi connectivity index (χ2v) is 3.61. The van der Waals surface area contributed by atoms with Crippen LogP contribution in [0.15, 0.2) is 42.0 Å². The number of hydrogen-bond acceptors (Lipinski definition) is 3. The highest BCUT2D eigenvalue weighted by atomic mass is 16.5. The zero-order chi connectivity index (χ0) is 12.7. The molecule has 0 aliphatic heterocycles. The summed E-state index contributed by atoms with van der Waals surface area (Å²) in [5, 5.41) is 8.90. The molecule has 88 valence electrons. The van der Waals surface area contributed by atoms with Gasteiger partial charge >= 0.3 is 5.97 Å². The number of nitrogens with zero attached hydrogens (tertiary/aromatic N) is 1. The lowest BCUT2D eigenvalue weighted by atomic mass is 9.99. The maximum Gasteiger partial charge on any atom is 0.348 e. The molecule has 0 aliphatic rings. The third kappa shape index (κ3) is 3.76. The molecule has 0 fully saturated rings. The predicted molar refractivity (Wildman–Crippen MR) is 65.2 cm³/mol. The Labute approximate surface area is 101 Å². The lowest BCUT2D eigenvalue weighted by Crippen LogP contribution is -2.07. The van der Waals surface area contributed by atoms with Crippen LogP contribution in [0.25, 0.3) is 0 Å². The first kappa shape index (κ1) is 13.0. The van der Waals surface area contributed by atoms with Crippen molar-refractivity contribution in [1.29, 1.82) is 5.26 Å². The highest BCUT2D eigenvalue weighted by molar-refractivity contribution is 5.92. The third-order valence-electron chi connectivity index (χ3n) is 2.36. The maximum absolute atomic E-state index is 11.4. The molecule has 0 aromatic heterocycles. The monoisotopic (exact) mass is 229 g/mol. The van der Waals surface area contributed by atoms with Gasteiger partial charge in [-0.2, -0.15) is 5.26 Å². The van der Waals surface area contributed by atoms with E-state index in [0.717, 1.165) is 5.56 Å². The summed E-state index contributed by atoms with van der Waals surface area (Å²) < 4.78 is 4.80. The van der Waals surface area contributed by atoms with Crippen LogP contribution >= 0.6 is 0 Å². The molecule has 3 nitrogen and oxygen atoms in total. The average molecular weight is 229 g/mol. The fourth-order valence-electron chi connectivity index (χ4n) is 1.46. The van der Waals surface area contributed by atoms with Gasteiger partial charge in [-0.15, -0.1) is 0 Å². The topological polar surface area (TPSA) is 50.1 Å². The summed E-state index contributed by atoms with van der Waals surface area (Å²) in [6.45, 7) is 3.93. The minimum Gasteiger partial charge on any atom is -0.462 e. The molecule has 3 heteroatoms. The number of rotatable bonds is 4. The van der Waals surface area contributed by atoms with Crippen LogP contribution in [0, 0.1) is 11.3 Å². The van der Waals surface area contributed by atoms with Gasteiger partial charge in [-0.1, -0.05) is 43.3 Å². The van der Waals surface area contributed by atoms with Crippen LogP contribution in [-0.2, 0) is 9.53 Å². The van der Waals surface area contributed by atoms with Crippen molar-refractivity contribution in [3.63, 3.8) is 0 Å². The Kier molecular flexibility index (Phi) is 4.96. The van der Waals surface area contributed by atoms with E-state index in [-0.39, 0.29) is 18.1 Å². The van der Waals surface area contributed by atoms with Crippen LogP contribution in [0.2, 0.25) is 0 Å². The first-order valence-corrected chi connectivity index (χ1v) is 5.53. The molecule has 1 rings (SSSR count). The van der Waals surface area contributed by atoms with Crippen molar-refractivity contribution in [2.75, 3.05) is 6.61 Å². The summed E-state index contributed by atoms with van der Waals surface area (Å²) in [4.78, 5) is 11.4. The lowest BCUT2D eigenvalue weighted by molar-refractivity contribution is -0.138. The van der Waals surface area contributed by atoms with E-state index in [4.69, 9.17) is 10.00 Å². The molecule has 0 aliphatic carbocycles. The number of carbonyl (C=O) groups excluding carboxylic acids is 1. The first-order valence-electron chi connectivity index (χ1n) is 5.53. The quantitative estimate of drug-likeness (QED) is 0.453. The van der Waals surface area contributed by atoms with E-state index in [2.05, 4.69) is 0 Å². The zero-order valence-electron chi connectivity index (χ0n) is 10.0. The van der Waals surface area contributed by atoms with Crippen LogP contribution in [0.3, 0.4) is 0 Å². The molecule has 0 N–H and O–H groups in total. The Morgan fingerprint density at radius 1 is 1.47 bits per heavy atom. The SMILES string of the molecule is CCOC(=O)/C(C#N)=C/[C@H](C)c1ccccc1. The molecule has 17 heavy (non-hydrogen) atoms. The van der Waals surface area contributed by atoms with Gasteiger partial charge in [-0.25, -0.2) is 4.79 Å². The fraction of sp³-hybridized carbons (Fsp3) is 0.286. The Balaban J connectivity index is 2.86. The van der Waals surface area contributed by atoms with Crippen molar-refractivity contribution in [2.24, 2.45) is 0 Å². The van der Waals surface area contributed by atoms with Crippen LogP contribution in [0.1, 0.15) is 25.3 Å². The predicted octanol–water partition coefficient (Wildman–Crippen LogP) is 2.80. The van der Waals surface area contributed by atoms with E-state index in [1.54, 1.807) is 13.0 Å². The molecule has 1 aromatic rings. The van der Waals surface area contributed by atoms with E-state index >= 15 is 0 Å². The van der Waals surface area contributed by atoms with Crippen LogP contribution in [-0.4, -0.2) is 12.6 Å². The number of hydrogen-bond donors (Lipinski definition) is 0. The molecule has 0 radical (unpaired) electrons. The van der Waals surface area contributed by atoms with Gasteiger partial charge in [0.15, 0.2) is 0 Å². The van der Waals surface area contributed by atoms with Crippen LogP contribution < -0.4 is 0 Å². The largest absolute Gasteiger partial charge is 0.462 e. The standard InChI is InChI=1S/C14H15NO2/c1-3-17-14(16)13(10-15)9-11(2)12-7-5-4-6-8-12/h4-9,11H,3H2,1-2H3/b13-9+/t11-/m0/s1. The minimum absolute atomic E-state index is 0.00950. The van der Waals surface area contributed by atoms with E-state index in [1.807, 2.05) is 43.3 Å². The van der Waals surface area contributed by atoms with Gasteiger partial charge in [0.2, 0.25) is 0 Å². The molecule has 0 amide bonds. The number of allylic oxidation sites excluding steroid dienone is 1. The van der Waals surface area contributed by atoms with Crippen molar-refractivity contribution in [3.8, 4) is 6.07 Å². The van der Waals surface area contributed by atoms with E-state index < -0.39 is 5.97 Å². The van der Waals surface area contributed by atoms with Crippen molar-refractivity contribution >= 4 is 5.97 Å². The van der Waals surface area contributed by atoms with Crippen molar-refractivity contribution in [2.45, 2.75) is 19.8 Å². The van der Waals surface area contributed by atoms with E-state index in [0.29, 0.717) is 0 Å². The summed E-state index contributed by atoms with van der Waals surface area (Å²) in [6, 6.07) is 11.6. The molecule has 1 atom stereocenters. The lowest BCUT2D eigenvalue weighted by Gasteiger charge is -2.07. The van der Waals surface area contributed by atoms with Gasteiger partial charge in [0.05, 0.1) is 6.61 Å². The van der Waals surface area contributed by atoms with Crippen LogP contribution in [0.5, 0.6) is 0 Å². The normalized spacial score (nSPS) is 12.6. The molecule has 1 aromatic carbocycles. The third-order valence-corrected chi connectivity index (χ3v) is 2.36. The Hall–Kier alpha value is -2.08. The zero-order valence-corrected chi connectivity index (χ0v) is 10.0. The van der Waals surface area contributed by atoms with Gasteiger partial charge in [0.25, 0.3) is 0 Å². The Morgan fingerprint density at radius 3 is 2.65 bits per heavy atom. The molecule has 0 saturated heterocycles. The summed E-state index contributed by atoms with van der Waals surface area (Å²) >= 11 is 0. The van der Waals surface area contributed by atoms with Gasteiger partial charge in [0.1, 0.15) is 11.6 Å². The van der Waals surface area contributed by atoms with E-state index in [9.17, 15) is 4.79 Å². The average Bonchev–Trinajstić information content (AvgIpc) is 2.37. The number of nitriles is 1. The second-order valence-electron chi connectivity index (χ2n) is 3.61. The van der Waals surface area contributed by atoms with Gasteiger partial charge in [-0.3, -0.25) is 0 Å². The molecular formula is C14H15NO2. The summed E-state index contributed by atoms with van der Waals surface area (Å²) in [7, 11) is 0. The first-order chi connectivity index (χ1) is 8.19. The maximum atomic E-state index is 11.4. The van der Waals surface area contributed by atoms with Crippen LogP contribution in [0.4, 0.5) is 0 Å². The second kappa shape index (κ2) is 6.49. The Morgan fingerprint density at radius 2 is 2.12 bits per heavy atom. The van der Waals surface area contributed by atoms with Gasteiger partial charge < -0.3 is 4.74 Å². The molecule has 0 heterocycles. The highest BCUT2D eigenvalue weighted by Gasteiger charge is 2.12. The fourth-order valence-corrected chi connectivity index (χ4v) is 1.46. The Bertz CT molecular complexity index is 443. The minimum atomic E-state index is -0.558. The molecular weight excluding hydrogens is 214 g/mol. The van der Waals surface area contributed by atoms with Crippen molar-refractivity contribution in [1.82, 2.24) is 0 Å². The smallest absolute Gasteiger partial charge is 0.348 e. The molecule has 0 bridgehead atoms. The number of carbonyl (C=O) groups is 1. The summed E-state index contributed by atoms with van der Waals surface area (Å²) in [5.74, 6) is -0.548. The molecule has 0 spiro atoms. The van der Waals surface area contributed by atoms with Gasteiger partial charge in [0, 0.05) is 5.92 Å². The van der Waals surface area contributed by atoms with Gasteiger partial charge in [-0.05, 0) is 12.5 Å². The van der Waals surface area contributed by atoms with Crippen molar-refractivity contribution in [3.05, 3.63) is 47.5 Å². The van der Waals surface area contributed by atoms with E-state index in [1.165, 1.54) is 0 Å². The summed E-state index contributed by atoms with van der Waals surface area (Å²) in [6.07, 6.45) is 1.63. The van der Waals surface area contributed by atoms with Crippen molar-refractivity contribution < 1.29 is 9.53 Å². The number of ether oxygens (including phenoxy) is 1. The number of benzene rings is 1. The molecule has 0 unspecified atom stereocenters.